The summed E-state index contributed by atoms with van der Waals surface area (Å²) in [7, 11) is 2.22. The fraction of sp³-hybridized carbons (Fsp3) is 0.769. The number of nitrogens with one attached hydrogen (secondary N) is 1. The zero-order valence-electron chi connectivity index (χ0n) is 11.2. The van der Waals surface area contributed by atoms with Gasteiger partial charge in [-0.1, -0.05) is 6.92 Å². The van der Waals surface area contributed by atoms with Crippen molar-refractivity contribution in [1.29, 1.82) is 0 Å². The predicted octanol–water partition coefficient (Wildman–Crippen LogP) is 1.26. The van der Waals surface area contributed by atoms with E-state index in [9.17, 15) is 0 Å². The molecule has 0 amide bonds. The highest BCUT2D eigenvalue weighted by molar-refractivity contribution is 5.10. The fourth-order valence-corrected chi connectivity index (χ4v) is 2.49. The Labute approximate surface area is 104 Å². The van der Waals surface area contributed by atoms with Gasteiger partial charge in [0.15, 0.2) is 0 Å². The summed E-state index contributed by atoms with van der Waals surface area (Å²) in [6, 6.07) is 2.93. The molecule has 96 valence electrons. The third-order valence-corrected chi connectivity index (χ3v) is 3.64. The maximum Gasteiger partial charge on any atom is 0.0625 e. The highest BCUT2D eigenvalue weighted by Gasteiger charge is 2.20. The monoisotopic (exact) mass is 236 g/mol. The Hall–Kier alpha value is -0.870. The number of likely N-dealkylation sites (N-methyl/N-ethyl adjacent to an activating group) is 1. The molecule has 1 aromatic rings. The highest BCUT2D eigenvalue weighted by atomic mass is 15.3. The molecule has 0 bridgehead atoms. The molecule has 17 heavy (non-hydrogen) atoms. The molecule has 0 aromatic carbocycles. The van der Waals surface area contributed by atoms with Crippen molar-refractivity contribution in [2.24, 2.45) is 0 Å². The average Bonchev–Trinajstić information content (AvgIpc) is 2.97. The number of aryl methyl sites for hydroxylation is 2. The van der Waals surface area contributed by atoms with E-state index in [4.69, 9.17) is 0 Å². The zero-order valence-corrected chi connectivity index (χ0v) is 11.2. The van der Waals surface area contributed by atoms with Gasteiger partial charge in [-0.3, -0.25) is 9.58 Å². The molecule has 4 nitrogen and oxygen atoms in total. The van der Waals surface area contributed by atoms with Crippen molar-refractivity contribution in [3.8, 4) is 0 Å². The molecule has 0 spiro atoms. The predicted molar refractivity (Wildman–Crippen MR) is 70.0 cm³/mol. The standard InChI is InChI=1S/C13H24N4/c1-4-11-8-13(17(5-2)15-11)10-16(3)12-6-7-14-9-12/h8,12,14H,4-7,9-10H2,1-3H3. The summed E-state index contributed by atoms with van der Waals surface area (Å²) in [6.45, 7) is 8.57. The molecule has 0 radical (unpaired) electrons. The molecule has 1 aliphatic rings. The van der Waals surface area contributed by atoms with Gasteiger partial charge in [-0.05, 0) is 39.4 Å². The van der Waals surface area contributed by atoms with Crippen LogP contribution in [0.15, 0.2) is 6.07 Å². The molecule has 1 unspecified atom stereocenters. The van der Waals surface area contributed by atoms with Gasteiger partial charge in [0, 0.05) is 25.7 Å². The maximum absolute atomic E-state index is 4.60. The maximum atomic E-state index is 4.60. The third-order valence-electron chi connectivity index (χ3n) is 3.64. The molecule has 1 aromatic heterocycles. The molecule has 4 heteroatoms. The van der Waals surface area contributed by atoms with Crippen molar-refractivity contribution >= 4 is 0 Å². The van der Waals surface area contributed by atoms with Crippen molar-refractivity contribution in [3.63, 3.8) is 0 Å². The minimum atomic E-state index is 0.681. The van der Waals surface area contributed by atoms with E-state index >= 15 is 0 Å². The first kappa shape index (κ1) is 12.6. The number of nitrogens with zero attached hydrogens (tertiary/aromatic N) is 3. The van der Waals surface area contributed by atoms with Crippen LogP contribution in [-0.2, 0) is 19.5 Å². The Bertz CT molecular complexity index is 352. The quantitative estimate of drug-likeness (QED) is 0.835. The molecule has 2 rings (SSSR count). The minimum absolute atomic E-state index is 0.681. The lowest BCUT2D eigenvalue weighted by Gasteiger charge is -2.23. The Kier molecular flexibility index (Phi) is 4.18. The van der Waals surface area contributed by atoms with E-state index in [1.165, 1.54) is 17.8 Å². The first-order chi connectivity index (χ1) is 8.24. The van der Waals surface area contributed by atoms with Gasteiger partial charge in [-0.15, -0.1) is 0 Å². The third kappa shape index (κ3) is 2.87. The second kappa shape index (κ2) is 5.65. The van der Waals surface area contributed by atoms with Crippen LogP contribution < -0.4 is 5.32 Å². The van der Waals surface area contributed by atoms with Crippen molar-refractivity contribution in [2.45, 2.75) is 45.8 Å². The Morgan fingerprint density at radius 1 is 1.53 bits per heavy atom. The van der Waals surface area contributed by atoms with E-state index in [0.717, 1.165) is 32.6 Å². The minimum Gasteiger partial charge on any atom is -0.315 e. The largest absolute Gasteiger partial charge is 0.315 e. The summed E-state index contributed by atoms with van der Waals surface area (Å²) < 4.78 is 2.14. The molecule has 1 aliphatic heterocycles. The normalized spacial score (nSPS) is 20.4. The molecular weight excluding hydrogens is 212 g/mol. The van der Waals surface area contributed by atoms with Gasteiger partial charge in [-0.25, -0.2) is 0 Å². The Balaban J connectivity index is 2.03. The van der Waals surface area contributed by atoms with Gasteiger partial charge in [0.2, 0.25) is 0 Å². The summed E-state index contributed by atoms with van der Waals surface area (Å²) >= 11 is 0. The van der Waals surface area contributed by atoms with Crippen LogP contribution in [0.4, 0.5) is 0 Å². The molecule has 1 N–H and O–H groups in total. The summed E-state index contributed by atoms with van der Waals surface area (Å²) in [5, 5.41) is 8.02. The molecular formula is C13H24N4. The fourth-order valence-electron chi connectivity index (χ4n) is 2.49. The Morgan fingerprint density at radius 2 is 2.35 bits per heavy atom. The van der Waals surface area contributed by atoms with Crippen molar-refractivity contribution in [2.75, 3.05) is 20.1 Å². The smallest absolute Gasteiger partial charge is 0.0625 e. The highest BCUT2D eigenvalue weighted by Crippen LogP contribution is 2.13. The van der Waals surface area contributed by atoms with Crippen LogP contribution in [0.2, 0.25) is 0 Å². The van der Waals surface area contributed by atoms with Crippen LogP contribution in [-0.4, -0.2) is 40.9 Å². The van der Waals surface area contributed by atoms with E-state index in [0.29, 0.717) is 6.04 Å². The van der Waals surface area contributed by atoms with Gasteiger partial charge in [0.1, 0.15) is 0 Å². The van der Waals surface area contributed by atoms with Gasteiger partial charge in [0.25, 0.3) is 0 Å². The number of hydrogen-bond acceptors (Lipinski definition) is 3. The van der Waals surface area contributed by atoms with Crippen LogP contribution in [0.3, 0.4) is 0 Å². The molecule has 0 saturated carbocycles. The van der Waals surface area contributed by atoms with Crippen molar-refractivity contribution < 1.29 is 0 Å². The van der Waals surface area contributed by atoms with Crippen molar-refractivity contribution in [3.05, 3.63) is 17.5 Å². The molecule has 2 heterocycles. The molecule has 1 saturated heterocycles. The van der Waals surface area contributed by atoms with E-state index in [1.54, 1.807) is 0 Å². The van der Waals surface area contributed by atoms with E-state index < -0.39 is 0 Å². The van der Waals surface area contributed by atoms with Crippen LogP contribution in [0.25, 0.3) is 0 Å². The number of hydrogen-bond donors (Lipinski definition) is 1. The summed E-state index contributed by atoms with van der Waals surface area (Å²) in [4.78, 5) is 2.45. The number of aromatic nitrogens is 2. The SMILES string of the molecule is CCc1cc(CN(C)C2CCNC2)n(CC)n1. The zero-order chi connectivity index (χ0) is 12.3. The van der Waals surface area contributed by atoms with Gasteiger partial charge in [-0.2, -0.15) is 5.10 Å². The first-order valence-electron chi connectivity index (χ1n) is 6.71. The van der Waals surface area contributed by atoms with Crippen molar-refractivity contribution in [1.82, 2.24) is 20.0 Å². The van der Waals surface area contributed by atoms with Gasteiger partial charge in [0.05, 0.1) is 11.4 Å². The van der Waals surface area contributed by atoms with Crippen LogP contribution >= 0.6 is 0 Å². The van der Waals surface area contributed by atoms with Crippen LogP contribution in [0.5, 0.6) is 0 Å². The number of rotatable bonds is 5. The van der Waals surface area contributed by atoms with Crippen LogP contribution in [0, 0.1) is 0 Å². The first-order valence-corrected chi connectivity index (χ1v) is 6.71. The lowest BCUT2D eigenvalue weighted by atomic mass is 10.2. The molecule has 1 atom stereocenters. The van der Waals surface area contributed by atoms with Crippen LogP contribution in [0.1, 0.15) is 31.7 Å². The lowest BCUT2D eigenvalue weighted by molar-refractivity contribution is 0.241. The summed E-state index contributed by atoms with van der Waals surface area (Å²) in [5.74, 6) is 0. The topological polar surface area (TPSA) is 33.1 Å². The molecule has 1 fully saturated rings. The van der Waals surface area contributed by atoms with Gasteiger partial charge < -0.3 is 5.32 Å². The van der Waals surface area contributed by atoms with Gasteiger partial charge >= 0.3 is 0 Å². The lowest BCUT2D eigenvalue weighted by Crippen LogP contribution is -2.33. The summed E-state index contributed by atoms with van der Waals surface area (Å²) in [6.07, 6.45) is 2.28. The molecule has 0 aliphatic carbocycles. The van der Waals surface area contributed by atoms with E-state index in [1.807, 2.05) is 0 Å². The second-order valence-corrected chi connectivity index (χ2v) is 4.86. The van der Waals surface area contributed by atoms with E-state index in [-0.39, 0.29) is 0 Å². The Morgan fingerprint density at radius 3 is 2.94 bits per heavy atom. The summed E-state index contributed by atoms with van der Waals surface area (Å²) in [5.41, 5.74) is 2.55. The average molecular weight is 236 g/mol. The second-order valence-electron chi connectivity index (χ2n) is 4.86. The van der Waals surface area contributed by atoms with E-state index in [2.05, 4.69) is 47.0 Å².